The lowest BCUT2D eigenvalue weighted by Gasteiger charge is -2.17. The minimum absolute atomic E-state index is 0.252. The van der Waals surface area contributed by atoms with E-state index in [4.69, 9.17) is 18.6 Å². The van der Waals surface area contributed by atoms with E-state index in [1.54, 1.807) is 60.7 Å². The summed E-state index contributed by atoms with van der Waals surface area (Å²) < 4.78 is 29.2. The molecular formula is C25H27O6P. The van der Waals surface area contributed by atoms with Crippen molar-refractivity contribution in [2.45, 2.75) is 40.0 Å². The van der Waals surface area contributed by atoms with E-state index < -0.39 is 13.8 Å². The molecule has 3 rings (SSSR count). The van der Waals surface area contributed by atoms with Crippen LogP contribution >= 0.6 is 7.82 Å². The van der Waals surface area contributed by atoms with Gasteiger partial charge in [-0.05, 0) is 73.3 Å². The van der Waals surface area contributed by atoms with Gasteiger partial charge in [0.25, 0.3) is 0 Å². The zero-order valence-corrected chi connectivity index (χ0v) is 19.3. The normalized spacial score (nSPS) is 11.1. The maximum atomic E-state index is 13.3. The zero-order valence-electron chi connectivity index (χ0n) is 18.4. The molecule has 0 aliphatic carbocycles. The third kappa shape index (κ3) is 6.98. The quantitative estimate of drug-likeness (QED) is 0.187. The molecule has 0 aliphatic heterocycles. The monoisotopic (exact) mass is 454 g/mol. The molecule has 3 aromatic rings. The first-order valence-electron chi connectivity index (χ1n) is 10.5. The summed E-state index contributed by atoms with van der Waals surface area (Å²) in [7, 11) is -4.34. The number of carbonyl (C=O) groups is 1. The first-order chi connectivity index (χ1) is 15.4. The van der Waals surface area contributed by atoms with Gasteiger partial charge in [0.15, 0.2) is 0 Å². The summed E-state index contributed by atoms with van der Waals surface area (Å²) in [5.74, 6) is -0.294. The van der Waals surface area contributed by atoms with Gasteiger partial charge in [0.1, 0.15) is 11.5 Å². The van der Waals surface area contributed by atoms with Crippen LogP contribution < -0.4 is 9.05 Å². The minimum atomic E-state index is -4.34. The van der Waals surface area contributed by atoms with Gasteiger partial charge in [0.2, 0.25) is 0 Å². The van der Waals surface area contributed by atoms with Crippen LogP contribution in [0.25, 0.3) is 0 Å². The Morgan fingerprint density at radius 1 is 0.781 bits per heavy atom. The van der Waals surface area contributed by atoms with Gasteiger partial charge in [-0.1, -0.05) is 60.9 Å². The molecule has 0 atom stereocenters. The lowest BCUT2D eigenvalue weighted by Crippen LogP contribution is -2.10. The number of hydrogen-bond donors (Lipinski definition) is 0. The number of unbranched alkanes of at least 4 members (excludes halogenated alkanes) is 1. The smallest absolute Gasteiger partial charge is 0.393 e. The first-order valence-corrected chi connectivity index (χ1v) is 11.9. The van der Waals surface area contributed by atoms with Gasteiger partial charge in [-0.15, -0.1) is 0 Å². The Kier molecular flexibility index (Phi) is 8.09. The summed E-state index contributed by atoms with van der Waals surface area (Å²) in [6.45, 7) is 5.95. The molecule has 32 heavy (non-hydrogen) atoms. The highest BCUT2D eigenvalue weighted by molar-refractivity contribution is 7.49. The van der Waals surface area contributed by atoms with Gasteiger partial charge in [-0.25, -0.2) is 9.36 Å². The molecule has 0 bridgehead atoms. The number of hydrogen-bond acceptors (Lipinski definition) is 6. The van der Waals surface area contributed by atoms with Gasteiger partial charge in [-0.3, -0.25) is 4.89 Å². The molecule has 0 amide bonds. The van der Waals surface area contributed by atoms with Crippen LogP contribution in [0.2, 0.25) is 0 Å². The molecule has 0 N–H and O–H groups in total. The van der Waals surface area contributed by atoms with Crippen molar-refractivity contribution in [2.75, 3.05) is 0 Å². The molecule has 0 saturated carbocycles. The average molecular weight is 454 g/mol. The highest BCUT2D eigenvalue weighted by Crippen LogP contribution is 2.50. The van der Waals surface area contributed by atoms with Crippen LogP contribution in [0.15, 0.2) is 72.8 Å². The Balaban J connectivity index is 1.72. The van der Waals surface area contributed by atoms with Crippen LogP contribution in [0.4, 0.5) is 0 Å². The second kappa shape index (κ2) is 11.0. The summed E-state index contributed by atoms with van der Waals surface area (Å²) in [6, 6.07) is 20.7. The van der Waals surface area contributed by atoms with E-state index in [0.29, 0.717) is 0 Å². The molecule has 7 heteroatoms. The lowest BCUT2D eigenvalue weighted by atomic mass is 10.1. The van der Waals surface area contributed by atoms with Crippen molar-refractivity contribution in [3.63, 3.8) is 0 Å². The summed E-state index contributed by atoms with van der Waals surface area (Å²) >= 11 is 0. The molecule has 0 aliphatic rings. The van der Waals surface area contributed by atoms with E-state index in [2.05, 4.69) is 6.92 Å². The van der Waals surface area contributed by atoms with Crippen molar-refractivity contribution in [3.8, 4) is 11.5 Å². The fraction of sp³-hybridized carbons (Fsp3) is 0.240. The molecule has 0 fully saturated rings. The number of phosphoric acid groups is 1. The number of aryl methyl sites for hydroxylation is 3. The molecule has 6 nitrogen and oxygen atoms in total. The Morgan fingerprint density at radius 3 is 1.75 bits per heavy atom. The lowest BCUT2D eigenvalue weighted by molar-refractivity contribution is -0.163. The first kappa shape index (κ1) is 23.6. The topological polar surface area (TPSA) is 71.1 Å². The SMILES string of the molecule is CCCCc1ccc(C(=O)OOP(=O)(Oc2ccc(C)cc2)Oc2ccc(C)cc2)cc1. The fourth-order valence-corrected chi connectivity index (χ4v) is 3.84. The molecule has 0 saturated heterocycles. The van der Waals surface area contributed by atoms with Crippen molar-refractivity contribution in [2.24, 2.45) is 0 Å². The van der Waals surface area contributed by atoms with Crippen LogP contribution in [-0.2, 0) is 20.5 Å². The summed E-state index contributed by atoms with van der Waals surface area (Å²) in [5.41, 5.74) is 3.39. The standard InChI is InChI=1S/C25H27O6P/c1-4-5-6-21-11-13-22(14-12-21)25(26)28-31-32(27,29-23-15-7-19(2)8-16-23)30-24-17-9-20(3)10-18-24/h7-18H,4-6H2,1-3H3. The maximum Gasteiger partial charge on any atom is 0.625 e. The summed E-state index contributed by atoms with van der Waals surface area (Å²) in [4.78, 5) is 17.3. The van der Waals surface area contributed by atoms with Crippen molar-refractivity contribution < 1.29 is 28.0 Å². The van der Waals surface area contributed by atoms with E-state index in [0.717, 1.165) is 36.0 Å². The molecule has 3 aromatic carbocycles. The van der Waals surface area contributed by atoms with E-state index >= 15 is 0 Å². The van der Waals surface area contributed by atoms with Crippen LogP contribution in [0.1, 0.15) is 46.8 Å². The molecular weight excluding hydrogens is 427 g/mol. The molecule has 0 heterocycles. The van der Waals surface area contributed by atoms with Gasteiger partial charge in [0.05, 0.1) is 5.56 Å². The third-order valence-electron chi connectivity index (χ3n) is 4.69. The summed E-state index contributed by atoms with van der Waals surface area (Å²) in [5, 5.41) is 0. The van der Waals surface area contributed by atoms with Crippen molar-refractivity contribution in [1.29, 1.82) is 0 Å². The maximum absolute atomic E-state index is 13.3. The van der Waals surface area contributed by atoms with Gasteiger partial charge in [0, 0.05) is 0 Å². The van der Waals surface area contributed by atoms with Crippen LogP contribution in [0.3, 0.4) is 0 Å². The Labute approximate surface area is 188 Å². The van der Waals surface area contributed by atoms with Crippen LogP contribution in [0, 0.1) is 13.8 Å². The molecule has 0 radical (unpaired) electrons. The van der Waals surface area contributed by atoms with Gasteiger partial charge in [-0.2, -0.15) is 0 Å². The van der Waals surface area contributed by atoms with Gasteiger partial charge < -0.3 is 9.05 Å². The molecule has 0 spiro atoms. The predicted molar refractivity (Wildman–Crippen MR) is 123 cm³/mol. The Morgan fingerprint density at radius 2 is 1.28 bits per heavy atom. The van der Waals surface area contributed by atoms with Crippen molar-refractivity contribution >= 4 is 13.8 Å². The number of rotatable bonds is 10. The average Bonchev–Trinajstić information content (AvgIpc) is 2.80. The summed E-state index contributed by atoms with van der Waals surface area (Å²) in [6.07, 6.45) is 3.10. The number of benzene rings is 3. The molecule has 168 valence electrons. The van der Waals surface area contributed by atoms with Gasteiger partial charge >= 0.3 is 13.8 Å². The third-order valence-corrected chi connectivity index (χ3v) is 5.82. The Bertz CT molecular complexity index is 1010. The van der Waals surface area contributed by atoms with E-state index in [1.165, 1.54) is 0 Å². The predicted octanol–water partition coefficient (Wildman–Crippen LogP) is 7.00. The van der Waals surface area contributed by atoms with E-state index in [-0.39, 0.29) is 17.1 Å². The second-order valence-corrected chi connectivity index (χ2v) is 8.91. The minimum Gasteiger partial charge on any atom is -0.393 e. The number of carbonyl (C=O) groups excluding carboxylic acids is 1. The molecule has 0 aromatic heterocycles. The van der Waals surface area contributed by atoms with E-state index in [1.807, 2.05) is 26.0 Å². The molecule has 0 unspecified atom stereocenters. The second-order valence-electron chi connectivity index (χ2n) is 7.50. The fourth-order valence-electron chi connectivity index (χ4n) is 2.82. The highest BCUT2D eigenvalue weighted by Gasteiger charge is 2.35. The van der Waals surface area contributed by atoms with Crippen molar-refractivity contribution in [1.82, 2.24) is 0 Å². The highest BCUT2D eigenvalue weighted by atomic mass is 31.2. The largest absolute Gasteiger partial charge is 0.625 e. The Hall–Kier alpha value is -3.08. The van der Waals surface area contributed by atoms with E-state index in [9.17, 15) is 9.36 Å². The number of phosphoric ester groups is 1. The van der Waals surface area contributed by atoms with Crippen molar-refractivity contribution in [3.05, 3.63) is 95.1 Å². The van der Waals surface area contributed by atoms with Crippen LogP contribution in [-0.4, -0.2) is 5.97 Å². The van der Waals surface area contributed by atoms with Crippen LogP contribution in [0.5, 0.6) is 11.5 Å². The zero-order chi connectivity index (χ0) is 23.0.